The number of aryl methyl sites for hydroxylation is 1. The average Bonchev–Trinajstić information content (AvgIpc) is 2.71. The summed E-state index contributed by atoms with van der Waals surface area (Å²) in [7, 11) is 5.05. The number of hydrogen-bond donors (Lipinski definition) is 0. The molecule has 0 spiro atoms. The van der Waals surface area contributed by atoms with Crippen molar-refractivity contribution in [3.05, 3.63) is 52.7 Å². The third kappa shape index (κ3) is 3.43. The first-order valence-electron chi connectivity index (χ1n) is 8.79. The first-order valence-corrected chi connectivity index (χ1v) is 8.79. The highest BCUT2D eigenvalue weighted by Crippen LogP contribution is 2.37. The summed E-state index contributed by atoms with van der Waals surface area (Å²) in [5.41, 5.74) is 2.84. The van der Waals surface area contributed by atoms with Crippen LogP contribution in [0.15, 0.2) is 41.6 Å². The molecule has 3 aromatic rings. The van der Waals surface area contributed by atoms with Crippen LogP contribution in [0.25, 0.3) is 21.9 Å². The third-order valence-corrected chi connectivity index (χ3v) is 4.26. The largest absolute Gasteiger partial charge is 0.496 e. The summed E-state index contributed by atoms with van der Waals surface area (Å²) < 4.78 is 12.7. The molecule has 3 rings (SSSR count). The quantitative estimate of drug-likeness (QED) is 0.704. The zero-order valence-electron chi connectivity index (χ0n) is 16.3. The van der Waals surface area contributed by atoms with Crippen molar-refractivity contribution < 1.29 is 9.47 Å². The van der Waals surface area contributed by atoms with Crippen molar-refractivity contribution in [1.29, 1.82) is 0 Å². The molecule has 5 heteroatoms. The van der Waals surface area contributed by atoms with Gasteiger partial charge in [0.25, 0.3) is 5.56 Å². The fourth-order valence-electron chi connectivity index (χ4n) is 3.03. The molecular formula is C21H26N2O3. The van der Waals surface area contributed by atoms with Crippen molar-refractivity contribution in [1.82, 2.24) is 9.55 Å². The second-order valence-electron chi connectivity index (χ2n) is 5.59. The van der Waals surface area contributed by atoms with Crippen molar-refractivity contribution in [3.8, 4) is 22.6 Å². The number of methoxy groups -OCH3 is 2. The van der Waals surface area contributed by atoms with Gasteiger partial charge in [0.05, 0.1) is 19.6 Å². The van der Waals surface area contributed by atoms with Crippen molar-refractivity contribution >= 4 is 10.8 Å². The molecule has 0 bridgehead atoms. The lowest BCUT2D eigenvalue weighted by Gasteiger charge is -2.16. The van der Waals surface area contributed by atoms with Crippen molar-refractivity contribution in [3.63, 3.8) is 0 Å². The maximum atomic E-state index is 12.3. The molecule has 2 aromatic heterocycles. The second kappa shape index (κ2) is 8.52. The molecule has 0 aliphatic heterocycles. The molecule has 2 heterocycles. The van der Waals surface area contributed by atoms with Gasteiger partial charge in [-0.2, -0.15) is 0 Å². The van der Waals surface area contributed by atoms with Gasteiger partial charge >= 0.3 is 0 Å². The SMILES string of the molecule is CC.CCc1c(OC)cc(-c2cn(C)c(=O)c3cnccc23)cc1OC. The fourth-order valence-corrected chi connectivity index (χ4v) is 3.03. The van der Waals surface area contributed by atoms with Crippen LogP contribution in [0.5, 0.6) is 11.5 Å². The molecule has 0 atom stereocenters. The van der Waals surface area contributed by atoms with E-state index in [2.05, 4.69) is 11.9 Å². The van der Waals surface area contributed by atoms with Gasteiger partial charge in [-0.05, 0) is 35.6 Å². The molecule has 0 aliphatic carbocycles. The molecule has 0 fully saturated rings. The van der Waals surface area contributed by atoms with Gasteiger partial charge in [-0.25, -0.2) is 0 Å². The zero-order valence-corrected chi connectivity index (χ0v) is 16.3. The molecule has 0 radical (unpaired) electrons. The number of fused-ring (bicyclic) bond motifs is 1. The molecule has 0 aliphatic rings. The minimum atomic E-state index is -0.0639. The van der Waals surface area contributed by atoms with Gasteiger partial charge in [-0.1, -0.05) is 20.8 Å². The van der Waals surface area contributed by atoms with Gasteiger partial charge in [-0.3, -0.25) is 9.78 Å². The smallest absolute Gasteiger partial charge is 0.259 e. The van der Waals surface area contributed by atoms with Crippen LogP contribution in [0.4, 0.5) is 0 Å². The van der Waals surface area contributed by atoms with E-state index in [1.807, 2.05) is 38.2 Å². The summed E-state index contributed by atoms with van der Waals surface area (Å²) in [5.74, 6) is 1.56. The molecule has 5 nitrogen and oxygen atoms in total. The van der Waals surface area contributed by atoms with Crippen molar-refractivity contribution in [2.75, 3.05) is 14.2 Å². The predicted octanol–water partition coefficient (Wildman–Crippen LogP) is 4.21. The van der Waals surface area contributed by atoms with Gasteiger partial charge in [0.1, 0.15) is 11.5 Å². The topological polar surface area (TPSA) is 53.4 Å². The lowest BCUT2D eigenvalue weighted by Crippen LogP contribution is -2.16. The Kier molecular flexibility index (Phi) is 6.39. The lowest BCUT2D eigenvalue weighted by molar-refractivity contribution is 0.386. The Hall–Kier alpha value is -2.82. The molecule has 0 amide bonds. The number of hydrogen-bond acceptors (Lipinski definition) is 4. The lowest BCUT2D eigenvalue weighted by atomic mass is 9.98. The molecule has 0 saturated heterocycles. The Morgan fingerprint density at radius 3 is 2.23 bits per heavy atom. The fraction of sp³-hybridized carbons (Fsp3) is 0.333. The minimum Gasteiger partial charge on any atom is -0.496 e. The highest BCUT2D eigenvalue weighted by Gasteiger charge is 2.15. The van der Waals surface area contributed by atoms with E-state index < -0.39 is 0 Å². The van der Waals surface area contributed by atoms with Gasteiger partial charge < -0.3 is 14.0 Å². The molecule has 0 N–H and O–H groups in total. The monoisotopic (exact) mass is 354 g/mol. The Labute approximate surface area is 154 Å². The number of aromatic nitrogens is 2. The Morgan fingerprint density at radius 2 is 1.69 bits per heavy atom. The van der Waals surface area contributed by atoms with E-state index in [0.29, 0.717) is 5.39 Å². The minimum absolute atomic E-state index is 0.0639. The standard InChI is InChI=1S/C19H20N2O3.C2H6/c1-5-13-17(23-3)8-12(9-18(13)24-4)16-11-21(2)19(22)15-10-20-7-6-14(15)16;1-2/h6-11H,5H2,1-4H3;1-2H3. The summed E-state index contributed by atoms with van der Waals surface area (Å²) in [6, 6.07) is 5.83. The van der Waals surface area contributed by atoms with E-state index in [9.17, 15) is 4.79 Å². The molecule has 0 unspecified atom stereocenters. The van der Waals surface area contributed by atoms with E-state index >= 15 is 0 Å². The summed E-state index contributed by atoms with van der Waals surface area (Å²) in [6.07, 6.45) is 5.95. The number of benzene rings is 1. The number of pyridine rings is 2. The van der Waals surface area contributed by atoms with Crippen LogP contribution in [-0.4, -0.2) is 23.8 Å². The van der Waals surface area contributed by atoms with Gasteiger partial charge in [-0.15, -0.1) is 0 Å². The van der Waals surface area contributed by atoms with Crippen LogP contribution < -0.4 is 15.0 Å². The average molecular weight is 354 g/mol. The Balaban J connectivity index is 0.00000117. The number of nitrogens with zero attached hydrogens (tertiary/aromatic N) is 2. The normalized spacial score (nSPS) is 10.2. The van der Waals surface area contributed by atoms with E-state index in [-0.39, 0.29) is 5.56 Å². The molecule has 26 heavy (non-hydrogen) atoms. The second-order valence-corrected chi connectivity index (χ2v) is 5.59. The maximum Gasteiger partial charge on any atom is 0.259 e. The summed E-state index contributed by atoms with van der Waals surface area (Å²) in [4.78, 5) is 16.4. The van der Waals surface area contributed by atoms with Crippen LogP contribution in [-0.2, 0) is 13.5 Å². The number of ether oxygens (including phenoxy) is 2. The highest BCUT2D eigenvalue weighted by molar-refractivity contribution is 5.95. The third-order valence-electron chi connectivity index (χ3n) is 4.26. The van der Waals surface area contributed by atoms with Crippen LogP contribution in [0, 0.1) is 0 Å². The zero-order chi connectivity index (χ0) is 19.3. The Bertz CT molecular complexity index is 936. The van der Waals surface area contributed by atoms with E-state index in [1.165, 1.54) is 0 Å². The maximum absolute atomic E-state index is 12.3. The van der Waals surface area contributed by atoms with Crippen molar-refractivity contribution in [2.45, 2.75) is 27.2 Å². The predicted molar refractivity (Wildman–Crippen MR) is 106 cm³/mol. The van der Waals surface area contributed by atoms with Gasteiger partial charge in [0, 0.05) is 36.8 Å². The van der Waals surface area contributed by atoms with Crippen molar-refractivity contribution in [2.24, 2.45) is 7.05 Å². The van der Waals surface area contributed by atoms with E-state index in [1.54, 1.807) is 38.2 Å². The molecule has 0 saturated carbocycles. The van der Waals surface area contributed by atoms with E-state index in [4.69, 9.17) is 9.47 Å². The Morgan fingerprint density at radius 1 is 1.08 bits per heavy atom. The van der Waals surface area contributed by atoms with Crippen LogP contribution in [0.3, 0.4) is 0 Å². The highest BCUT2D eigenvalue weighted by atomic mass is 16.5. The molecule has 1 aromatic carbocycles. The van der Waals surface area contributed by atoms with E-state index in [0.717, 1.165) is 40.0 Å². The first-order chi connectivity index (χ1) is 12.6. The summed E-state index contributed by atoms with van der Waals surface area (Å²) >= 11 is 0. The molecule has 138 valence electrons. The van der Waals surface area contributed by atoms with Crippen LogP contribution in [0.2, 0.25) is 0 Å². The summed E-state index contributed by atoms with van der Waals surface area (Å²) in [5, 5.41) is 1.46. The first kappa shape index (κ1) is 19.5. The van der Waals surface area contributed by atoms with Crippen LogP contribution >= 0.6 is 0 Å². The number of rotatable bonds is 4. The summed E-state index contributed by atoms with van der Waals surface area (Å²) in [6.45, 7) is 6.06. The van der Waals surface area contributed by atoms with Crippen LogP contribution in [0.1, 0.15) is 26.3 Å². The van der Waals surface area contributed by atoms with Gasteiger partial charge in [0.2, 0.25) is 0 Å². The molecular weight excluding hydrogens is 328 g/mol. The van der Waals surface area contributed by atoms with Gasteiger partial charge in [0.15, 0.2) is 0 Å².